The fourth-order valence-corrected chi connectivity index (χ4v) is 2.88. The minimum atomic E-state index is -0.795. The molecule has 1 aromatic rings. The van der Waals surface area contributed by atoms with E-state index in [9.17, 15) is 4.79 Å². The number of rotatable bonds is 4. The number of piperazine rings is 1. The standard InChI is InChI=1S/C11H17N3O2S/c1-2-13-3-5-14(6-4-13)11-12-8-9(17-11)7-10(15)16/h8H,2-7H2,1H3,(H,15,16). The maximum absolute atomic E-state index is 10.6. The van der Waals surface area contributed by atoms with Gasteiger partial charge < -0.3 is 14.9 Å². The monoisotopic (exact) mass is 255 g/mol. The third kappa shape index (κ3) is 3.17. The van der Waals surface area contributed by atoms with Gasteiger partial charge in [0.25, 0.3) is 0 Å². The Morgan fingerprint density at radius 1 is 1.47 bits per heavy atom. The number of likely N-dealkylation sites (N-methyl/N-ethyl adjacent to an activating group) is 1. The van der Waals surface area contributed by atoms with Crippen molar-refractivity contribution in [3.05, 3.63) is 11.1 Å². The Balaban J connectivity index is 1.94. The maximum Gasteiger partial charge on any atom is 0.308 e. The number of hydrogen-bond acceptors (Lipinski definition) is 5. The van der Waals surface area contributed by atoms with Gasteiger partial charge in [-0.25, -0.2) is 4.98 Å². The molecule has 0 atom stereocenters. The Hall–Kier alpha value is -1.14. The third-order valence-electron chi connectivity index (χ3n) is 2.96. The molecular formula is C11H17N3O2S. The summed E-state index contributed by atoms with van der Waals surface area (Å²) in [7, 11) is 0. The number of carbonyl (C=O) groups is 1. The summed E-state index contributed by atoms with van der Waals surface area (Å²) in [5.41, 5.74) is 0. The molecule has 1 aliphatic rings. The van der Waals surface area contributed by atoms with E-state index in [0.717, 1.165) is 42.7 Å². The SMILES string of the molecule is CCN1CCN(c2ncc(CC(=O)O)s2)CC1. The maximum atomic E-state index is 10.6. The minimum Gasteiger partial charge on any atom is -0.481 e. The van der Waals surface area contributed by atoms with Crippen LogP contribution in [0, 0.1) is 0 Å². The lowest BCUT2D eigenvalue weighted by atomic mass is 10.3. The second-order valence-electron chi connectivity index (χ2n) is 4.10. The molecule has 0 spiro atoms. The van der Waals surface area contributed by atoms with Crippen molar-refractivity contribution in [2.45, 2.75) is 13.3 Å². The molecule has 17 heavy (non-hydrogen) atoms. The summed E-state index contributed by atoms with van der Waals surface area (Å²) in [6.07, 6.45) is 1.76. The van der Waals surface area contributed by atoms with E-state index in [2.05, 4.69) is 21.7 Å². The number of nitrogens with zero attached hydrogens (tertiary/aromatic N) is 3. The molecule has 6 heteroatoms. The van der Waals surface area contributed by atoms with E-state index in [0.29, 0.717) is 0 Å². The summed E-state index contributed by atoms with van der Waals surface area (Å²) in [6.45, 7) is 7.34. The van der Waals surface area contributed by atoms with Crippen LogP contribution in [0.5, 0.6) is 0 Å². The highest BCUT2D eigenvalue weighted by molar-refractivity contribution is 7.15. The molecule has 1 fully saturated rings. The number of hydrogen-bond donors (Lipinski definition) is 1. The minimum absolute atomic E-state index is 0.0760. The van der Waals surface area contributed by atoms with Crippen LogP contribution in [-0.2, 0) is 11.2 Å². The molecule has 0 aliphatic carbocycles. The number of carboxylic acid groups (broad SMARTS) is 1. The van der Waals surface area contributed by atoms with E-state index in [-0.39, 0.29) is 6.42 Å². The second kappa shape index (κ2) is 5.46. The average molecular weight is 255 g/mol. The second-order valence-corrected chi connectivity index (χ2v) is 5.19. The summed E-state index contributed by atoms with van der Waals surface area (Å²) < 4.78 is 0. The van der Waals surface area contributed by atoms with Crippen LogP contribution in [0.15, 0.2) is 6.20 Å². The molecule has 0 amide bonds. The van der Waals surface area contributed by atoms with Crippen molar-refractivity contribution in [3.8, 4) is 0 Å². The van der Waals surface area contributed by atoms with Crippen LogP contribution in [0.4, 0.5) is 5.13 Å². The zero-order valence-corrected chi connectivity index (χ0v) is 10.7. The molecule has 1 N–H and O–H groups in total. The average Bonchev–Trinajstić information content (AvgIpc) is 2.77. The Morgan fingerprint density at radius 3 is 2.76 bits per heavy atom. The van der Waals surface area contributed by atoms with Crippen LogP contribution in [0.1, 0.15) is 11.8 Å². The zero-order valence-electron chi connectivity index (χ0n) is 9.93. The van der Waals surface area contributed by atoms with Gasteiger partial charge in [-0.2, -0.15) is 0 Å². The van der Waals surface area contributed by atoms with Gasteiger partial charge in [-0.05, 0) is 6.54 Å². The van der Waals surface area contributed by atoms with Crippen molar-refractivity contribution in [1.29, 1.82) is 0 Å². The van der Waals surface area contributed by atoms with Crippen LogP contribution >= 0.6 is 11.3 Å². The fourth-order valence-electron chi connectivity index (χ4n) is 1.93. The van der Waals surface area contributed by atoms with Crippen LogP contribution in [0.2, 0.25) is 0 Å². The molecule has 1 saturated heterocycles. The molecule has 0 radical (unpaired) electrons. The first-order valence-corrected chi connectivity index (χ1v) is 6.64. The quantitative estimate of drug-likeness (QED) is 0.866. The van der Waals surface area contributed by atoms with Gasteiger partial charge in [0, 0.05) is 37.3 Å². The molecule has 0 aromatic carbocycles. The Kier molecular flexibility index (Phi) is 3.96. The van der Waals surface area contributed by atoms with Gasteiger partial charge in [-0.1, -0.05) is 6.92 Å². The van der Waals surface area contributed by atoms with Crippen molar-refractivity contribution in [2.75, 3.05) is 37.6 Å². The lowest BCUT2D eigenvalue weighted by molar-refractivity contribution is -0.136. The Bertz CT molecular complexity index is 386. The molecule has 0 saturated carbocycles. The number of anilines is 1. The number of carboxylic acids is 1. The predicted octanol–water partition coefficient (Wildman–Crippen LogP) is 0.912. The summed E-state index contributed by atoms with van der Waals surface area (Å²) in [4.78, 5) is 20.4. The highest BCUT2D eigenvalue weighted by Gasteiger charge is 2.18. The molecule has 2 rings (SSSR count). The van der Waals surface area contributed by atoms with Gasteiger partial charge in [0.2, 0.25) is 0 Å². The van der Waals surface area contributed by atoms with E-state index < -0.39 is 5.97 Å². The van der Waals surface area contributed by atoms with Gasteiger partial charge in [-0.15, -0.1) is 11.3 Å². The summed E-state index contributed by atoms with van der Waals surface area (Å²) >= 11 is 1.49. The normalized spacial score (nSPS) is 17.4. The molecule has 1 aliphatic heterocycles. The van der Waals surface area contributed by atoms with Crippen molar-refractivity contribution in [3.63, 3.8) is 0 Å². The van der Waals surface area contributed by atoms with Crippen LogP contribution in [-0.4, -0.2) is 53.7 Å². The lowest BCUT2D eigenvalue weighted by Crippen LogP contribution is -2.46. The van der Waals surface area contributed by atoms with Crippen molar-refractivity contribution < 1.29 is 9.90 Å². The first-order chi connectivity index (χ1) is 8.19. The number of aromatic nitrogens is 1. The van der Waals surface area contributed by atoms with Gasteiger partial charge in [0.05, 0.1) is 6.42 Å². The topological polar surface area (TPSA) is 56.7 Å². The summed E-state index contributed by atoms with van der Waals surface area (Å²) in [6, 6.07) is 0. The smallest absolute Gasteiger partial charge is 0.308 e. The van der Waals surface area contributed by atoms with E-state index in [1.54, 1.807) is 6.20 Å². The van der Waals surface area contributed by atoms with Gasteiger partial charge in [-0.3, -0.25) is 4.79 Å². The first-order valence-electron chi connectivity index (χ1n) is 5.83. The molecular weight excluding hydrogens is 238 g/mol. The Morgan fingerprint density at radius 2 is 2.18 bits per heavy atom. The van der Waals surface area contributed by atoms with Crippen LogP contribution in [0.3, 0.4) is 0 Å². The number of aliphatic carboxylic acids is 1. The lowest BCUT2D eigenvalue weighted by Gasteiger charge is -2.33. The highest BCUT2D eigenvalue weighted by atomic mass is 32.1. The summed E-state index contributed by atoms with van der Waals surface area (Å²) in [5.74, 6) is -0.795. The summed E-state index contributed by atoms with van der Waals surface area (Å²) in [5, 5.41) is 9.67. The predicted molar refractivity (Wildman–Crippen MR) is 67.8 cm³/mol. The van der Waals surface area contributed by atoms with Crippen LogP contribution < -0.4 is 4.90 Å². The molecule has 94 valence electrons. The van der Waals surface area contributed by atoms with E-state index >= 15 is 0 Å². The first kappa shape index (κ1) is 12.3. The number of thiazole rings is 1. The van der Waals surface area contributed by atoms with Crippen molar-refractivity contribution in [1.82, 2.24) is 9.88 Å². The zero-order chi connectivity index (χ0) is 12.3. The van der Waals surface area contributed by atoms with E-state index in [1.807, 2.05) is 0 Å². The Labute approximate surface area is 105 Å². The van der Waals surface area contributed by atoms with E-state index in [1.165, 1.54) is 11.3 Å². The molecule has 2 heterocycles. The van der Waals surface area contributed by atoms with Gasteiger partial charge in [0.15, 0.2) is 5.13 Å². The molecule has 5 nitrogen and oxygen atoms in total. The largest absolute Gasteiger partial charge is 0.481 e. The van der Waals surface area contributed by atoms with Crippen molar-refractivity contribution >= 4 is 22.4 Å². The van der Waals surface area contributed by atoms with E-state index in [4.69, 9.17) is 5.11 Å². The molecule has 0 bridgehead atoms. The van der Waals surface area contributed by atoms with Crippen molar-refractivity contribution in [2.24, 2.45) is 0 Å². The fraction of sp³-hybridized carbons (Fsp3) is 0.636. The molecule has 0 unspecified atom stereocenters. The van der Waals surface area contributed by atoms with Gasteiger partial charge >= 0.3 is 5.97 Å². The molecule has 1 aromatic heterocycles. The highest BCUT2D eigenvalue weighted by Crippen LogP contribution is 2.23. The van der Waals surface area contributed by atoms with Gasteiger partial charge in [0.1, 0.15) is 0 Å². The third-order valence-corrected chi connectivity index (χ3v) is 4.01. The van der Waals surface area contributed by atoms with Crippen LogP contribution in [0.25, 0.3) is 0 Å².